The van der Waals surface area contributed by atoms with Crippen LogP contribution in [0.3, 0.4) is 0 Å². The molecular formula is C8H19NO2. The van der Waals surface area contributed by atoms with Gasteiger partial charge in [-0.3, -0.25) is 0 Å². The van der Waals surface area contributed by atoms with Crippen molar-refractivity contribution >= 4 is 0 Å². The molecule has 0 fully saturated rings. The Morgan fingerprint density at radius 2 is 1.82 bits per heavy atom. The van der Waals surface area contributed by atoms with Crippen LogP contribution >= 0.6 is 0 Å². The van der Waals surface area contributed by atoms with E-state index in [9.17, 15) is 0 Å². The number of hydrogen-bond donors (Lipinski definition) is 3. The Morgan fingerprint density at radius 1 is 1.27 bits per heavy atom. The van der Waals surface area contributed by atoms with Crippen LogP contribution in [0, 0.1) is 5.92 Å². The van der Waals surface area contributed by atoms with E-state index in [-0.39, 0.29) is 19.1 Å². The third-order valence-corrected chi connectivity index (χ3v) is 1.88. The van der Waals surface area contributed by atoms with Crippen LogP contribution in [0.1, 0.15) is 20.3 Å². The van der Waals surface area contributed by atoms with Crippen LogP contribution in [0.15, 0.2) is 0 Å². The Morgan fingerprint density at radius 3 is 2.18 bits per heavy atom. The van der Waals surface area contributed by atoms with Crippen LogP contribution in [0.25, 0.3) is 0 Å². The van der Waals surface area contributed by atoms with Crippen molar-refractivity contribution in [2.75, 3.05) is 19.8 Å². The van der Waals surface area contributed by atoms with Gasteiger partial charge in [0.05, 0.1) is 0 Å². The predicted molar refractivity (Wildman–Crippen MR) is 45.4 cm³/mol. The van der Waals surface area contributed by atoms with Gasteiger partial charge in [-0.25, -0.2) is 0 Å². The summed E-state index contributed by atoms with van der Waals surface area (Å²) < 4.78 is 0. The van der Waals surface area contributed by atoms with Gasteiger partial charge in [0.1, 0.15) is 0 Å². The minimum atomic E-state index is -0.0102. The fourth-order valence-corrected chi connectivity index (χ4v) is 0.699. The maximum Gasteiger partial charge on any atom is 0.0493 e. The highest BCUT2D eigenvalue weighted by molar-refractivity contribution is 4.63. The van der Waals surface area contributed by atoms with Crippen LogP contribution in [0.5, 0.6) is 0 Å². The predicted octanol–water partition coefficient (Wildman–Crippen LogP) is -0.0247. The Labute approximate surface area is 68.4 Å². The van der Waals surface area contributed by atoms with Gasteiger partial charge < -0.3 is 15.5 Å². The standard InChI is InChI=1S/C8H19NO2/c1-3-7(2)9-4-8(5-10)6-11/h7-11H,3-6H2,1-2H3. The largest absolute Gasteiger partial charge is 0.396 e. The molecule has 1 unspecified atom stereocenters. The smallest absolute Gasteiger partial charge is 0.0493 e. The molecule has 0 radical (unpaired) electrons. The van der Waals surface area contributed by atoms with E-state index < -0.39 is 0 Å². The second-order valence-corrected chi connectivity index (χ2v) is 2.95. The van der Waals surface area contributed by atoms with Crippen molar-refractivity contribution in [1.82, 2.24) is 5.32 Å². The van der Waals surface area contributed by atoms with Crippen molar-refractivity contribution in [3.8, 4) is 0 Å². The van der Waals surface area contributed by atoms with E-state index in [0.29, 0.717) is 12.6 Å². The quantitative estimate of drug-likeness (QED) is 0.513. The van der Waals surface area contributed by atoms with Crippen LogP contribution < -0.4 is 5.32 Å². The molecule has 0 amide bonds. The third kappa shape index (κ3) is 5.18. The van der Waals surface area contributed by atoms with Crippen molar-refractivity contribution in [3.63, 3.8) is 0 Å². The summed E-state index contributed by atoms with van der Waals surface area (Å²) in [5.41, 5.74) is 0. The second kappa shape index (κ2) is 6.58. The zero-order chi connectivity index (χ0) is 8.69. The molecule has 3 heteroatoms. The lowest BCUT2D eigenvalue weighted by Gasteiger charge is -2.15. The average molecular weight is 161 g/mol. The number of hydrogen-bond acceptors (Lipinski definition) is 3. The van der Waals surface area contributed by atoms with Crippen LogP contribution in [-0.2, 0) is 0 Å². The number of aliphatic hydroxyl groups excluding tert-OH is 2. The Bertz CT molecular complexity index is 84.2. The first-order chi connectivity index (χ1) is 5.24. The SMILES string of the molecule is CCC(C)NCC(CO)CO. The molecule has 1 atom stereocenters. The summed E-state index contributed by atoms with van der Waals surface area (Å²) in [6.45, 7) is 5.00. The van der Waals surface area contributed by atoms with Gasteiger partial charge in [0.15, 0.2) is 0 Å². The maximum absolute atomic E-state index is 8.71. The molecule has 0 bridgehead atoms. The summed E-state index contributed by atoms with van der Waals surface area (Å²) in [7, 11) is 0. The van der Waals surface area contributed by atoms with Crippen LogP contribution in [0.2, 0.25) is 0 Å². The zero-order valence-electron chi connectivity index (χ0n) is 7.38. The summed E-state index contributed by atoms with van der Waals surface area (Å²) >= 11 is 0. The van der Waals surface area contributed by atoms with Gasteiger partial charge in [0, 0.05) is 31.7 Å². The van der Waals surface area contributed by atoms with Gasteiger partial charge in [-0.1, -0.05) is 6.92 Å². The molecule has 0 saturated heterocycles. The molecule has 0 aliphatic carbocycles. The maximum atomic E-state index is 8.71. The fraction of sp³-hybridized carbons (Fsp3) is 1.00. The molecule has 0 aliphatic heterocycles. The molecule has 68 valence electrons. The molecule has 0 spiro atoms. The van der Waals surface area contributed by atoms with Crippen molar-refractivity contribution in [3.05, 3.63) is 0 Å². The van der Waals surface area contributed by atoms with Crippen LogP contribution in [-0.4, -0.2) is 36.0 Å². The average Bonchev–Trinajstić information content (AvgIpc) is 2.06. The molecule has 0 saturated carbocycles. The highest BCUT2D eigenvalue weighted by atomic mass is 16.3. The van der Waals surface area contributed by atoms with Gasteiger partial charge in [0.2, 0.25) is 0 Å². The molecule has 0 heterocycles. The Balaban J connectivity index is 3.34. The number of nitrogens with one attached hydrogen (secondary N) is 1. The summed E-state index contributed by atoms with van der Waals surface area (Å²) in [6.07, 6.45) is 1.07. The van der Waals surface area contributed by atoms with E-state index in [2.05, 4.69) is 19.2 Å². The first kappa shape index (κ1) is 10.9. The van der Waals surface area contributed by atoms with Gasteiger partial charge in [-0.05, 0) is 13.3 Å². The molecule has 0 aromatic carbocycles. The molecule has 0 aliphatic rings. The van der Waals surface area contributed by atoms with E-state index in [4.69, 9.17) is 10.2 Å². The molecule has 0 aromatic heterocycles. The molecule has 0 rings (SSSR count). The summed E-state index contributed by atoms with van der Waals surface area (Å²) in [6, 6.07) is 0.468. The van der Waals surface area contributed by atoms with Gasteiger partial charge in [-0.2, -0.15) is 0 Å². The first-order valence-corrected chi connectivity index (χ1v) is 4.19. The number of aliphatic hydroxyl groups is 2. The zero-order valence-corrected chi connectivity index (χ0v) is 7.38. The third-order valence-electron chi connectivity index (χ3n) is 1.88. The van der Waals surface area contributed by atoms with E-state index in [1.165, 1.54) is 0 Å². The minimum absolute atomic E-state index is 0.0102. The molecular weight excluding hydrogens is 142 g/mol. The summed E-state index contributed by atoms with van der Waals surface area (Å²) in [5.74, 6) is -0.0102. The minimum Gasteiger partial charge on any atom is -0.396 e. The second-order valence-electron chi connectivity index (χ2n) is 2.95. The van der Waals surface area contributed by atoms with E-state index in [0.717, 1.165) is 6.42 Å². The Kier molecular flexibility index (Phi) is 6.51. The topological polar surface area (TPSA) is 52.5 Å². The van der Waals surface area contributed by atoms with Crippen molar-refractivity contribution < 1.29 is 10.2 Å². The van der Waals surface area contributed by atoms with Crippen molar-refractivity contribution in [2.45, 2.75) is 26.3 Å². The molecule has 11 heavy (non-hydrogen) atoms. The monoisotopic (exact) mass is 161 g/mol. The van der Waals surface area contributed by atoms with E-state index >= 15 is 0 Å². The highest BCUT2D eigenvalue weighted by Gasteiger charge is 2.06. The van der Waals surface area contributed by atoms with Crippen molar-refractivity contribution in [2.24, 2.45) is 5.92 Å². The highest BCUT2D eigenvalue weighted by Crippen LogP contribution is 1.93. The normalized spacial score (nSPS) is 13.9. The number of rotatable bonds is 6. The molecule has 3 N–H and O–H groups in total. The van der Waals surface area contributed by atoms with Crippen molar-refractivity contribution in [1.29, 1.82) is 0 Å². The van der Waals surface area contributed by atoms with Gasteiger partial charge in [0.25, 0.3) is 0 Å². The lowest BCUT2D eigenvalue weighted by atomic mass is 10.1. The van der Waals surface area contributed by atoms with Crippen LogP contribution in [0.4, 0.5) is 0 Å². The van der Waals surface area contributed by atoms with E-state index in [1.54, 1.807) is 0 Å². The lowest BCUT2D eigenvalue weighted by molar-refractivity contribution is 0.146. The lowest BCUT2D eigenvalue weighted by Crippen LogP contribution is -2.33. The summed E-state index contributed by atoms with van der Waals surface area (Å²) in [5, 5.41) is 20.6. The molecule has 0 aromatic rings. The summed E-state index contributed by atoms with van der Waals surface area (Å²) in [4.78, 5) is 0. The Hall–Kier alpha value is -0.120. The van der Waals surface area contributed by atoms with Gasteiger partial charge >= 0.3 is 0 Å². The fourth-order valence-electron chi connectivity index (χ4n) is 0.699. The first-order valence-electron chi connectivity index (χ1n) is 4.19. The molecule has 3 nitrogen and oxygen atoms in total. The van der Waals surface area contributed by atoms with E-state index in [1.807, 2.05) is 0 Å². The van der Waals surface area contributed by atoms with Gasteiger partial charge in [-0.15, -0.1) is 0 Å².